The number of aliphatic hydroxyl groups is 1. The first-order valence-corrected chi connectivity index (χ1v) is 11.5. The van der Waals surface area contributed by atoms with E-state index < -0.39 is 59.8 Å². The van der Waals surface area contributed by atoms with E-state index in [1.54, 1.807) is 0 Å². The molecule has 0 aliphatic carbocycles. The summed E-state index contributed by atoms with van der Waals surface area (Å²) in [6, 6.07) is 1.01. The predicted molar refractivity (Wildman–Crippen MR) is 81.2 cm³/mol. The number of aromatic amines is 1. The van der Waals surface area contributed by atoms with Crippen molar-refractivity contribution in [1.82, 2.24) is 9.55 Å². The monoisotopic (exact) mass is 512 g/mol. The number of ether oxygens (including phenoxy) is 1. The van der Waals surface area contributed by atoms with Gasteiger partial charge in [0.05, 0.1) is 12.7 Å². The molecule has 0 aromatic carbocycles. The number of hydrogen-bond acceptors (Lipinski definition) is 12. The molecule has 0 saturated carbocycles. The Morgan fingerprint density at radius 2 is 1.80 bits per heavy atom. The average Bonchev–Trinajstić information content (AvgIpc) is 2.82. The Balaban J connectivity index is 0.00000420. The van der Waals surface area contributed by atoms with Crippen molar-refractivity contribution in [2.75, 3.05) is 6.61 Å². The Morgan fingerprint density at radius 3 is 2.33 bits per heavy atom. The summed E-state index contributed by atoms with van der Waals surface area (Å²) in [6.45, 7) is -0.919. The third-order valence-electron chi connectivity index (χ3n) is 3.17. The van der Waals surface area contributed by atoms with Gasteiger partial charge in [0.2, 0.25) is 0 Å². The number of nitrogens with zero attached hydrogens (tertiary/aromatic N) is 1. The molecule has 6 atom stereocenters. The molecule has 2 heterocycles. The molecule has 160 valence electrons. The van der Waals surface area contributed by atoms with Crippen molar-refractivity contribution in [2.24, 2.45) is 0 Å². The Kier molecular flexibility index (Phi) is 12.3. The number of aromatic nitrogens is 2. The van der Waals surface area contributed by atoms with Gasteiger partial charge in [0.15, 0.2) is 0 Å². The Hall–Kier alpha value is 1.01. The summed E-state index contributed by atoms with van der Waals surface area (Å²) in [6.07, 6.45) is -2.85. The molecule has 1 fully saturated rings. The van der Waals surface area contributed by atoms with E-state index in [0.29, 0.717) is 0 Å². The zero-order chi connectivity index (χ0) is 21.3. The van der Waals surface area contributed by atoms with Gasteiger partial charge >= 0.3 is 72.6 Å². The number of rotatable bonds is 8. The molecule has 0 spiro atoms. The first-order valence-electron chi connectivity index (χ1n) is 7.07. The van der Waals surface area contributed by atoms with Crippen molar-refractivity contribution in [3.63, 3.8) is 0 Å². The van der Waals surface area contributed by atoms with Crippen molar-refractivity contribution in [2.45, 2.75) is 24.9 Å². The average molecular weight is 512 g/mol. The number of nitrogens with one attached hydrogen (secondary N) is 1. The predicted octanol–water partition coefficient (Wildman–Crippen LogP) is -8.73. The molecule has 1 saturated heterocycles. The van der Waals surface area contributed by atoms with Crippen LogP contribution in [0.1, 0.15) is 12.6 Å². The molecule has 0 bridgehead atoms. The number of phosphoric acid groups is 3. The van der Waals surface area contributed by atoms with Crippen LogP contribution >= 0.6 is 23.5 Å². The largest absolute Gasteiger partial charge is 1.00 e. The molecule has 4 N–H and O–H groups in total. The van der Waals surface area contributed by atoms with Crippen LogP contribution in [0.3, 0.4) is 0 Å². The third kappa shape index (κ3) is 9.87. The van der Waals surface area contributed by atoms with E-state index >= 15 is 0 Å². The number of aliphatic hydroxyl groups excluding tert-OH is 1. The zero-order valence-corrected chi connectivity index (χ0v) is 22.1. The quantitative estimate of drug-likeness (QED) is 0.187. The summed E-state index contributed by atoms with van der Waals surface area (Å²) < 4.78 is 50.2. The van der Waals surface area contributed by atoms with Crippen LogP contribution < -0.4 is 80.2 Å². The van der Waals surface area contributed by atoms with Crippen LogP contribution in [0.4, 0.5) is 0 Å². The van der Waals surface area contributed by atoms with Crippen molar-refractivity contribution in [3.05, 3.63) is 33.1 Å². The summed E-state index contributed by atoms with van der Waals surface area (Å²) in [7, 11) is -17.3. The van der Waals surface area contributed by atoms with E-state index in [-0.39, 0.29) is 65.5 Å². The van der Waals surface area contributed by atoms with Crippen LogP contribution in [0.25, 0.3) is 0 Å². The zero-order valence-electron chi connectivity index (χ0n) is 15.4. The van der Waals surface area contributed by atoms with Crippen LogP contribution in [0, 0.1) is 0 Å². The van der Waals surface area contributed by atoms with Crippen LogP contribution in [0.2, 0.25) is 0 Å². The molecular weight excluding hydrogens is 499 g/mol. The Morgan fingerprint density at radius 1 is 1.20 bits per heavy atom. The van der Waals surface area contributed by atoms with Gasteiger partial charge in [-0.05, 0) is 0 Å². The molecule has 21 heteroatoms. The minimum absolute atomic E-state index is 0. The second-order valence-electron chi connectivity index (χ2n) is 5.29. The molecule has 1 aliphatic heterocycles. The third-order valence-corrected chi connectivity index (χ3v) is 6.90. The fraction of sp³-hybridized carbons (Fsp3) is 0.556. The molecular formula is C9H13N2Na2O14P3. The van der Waals surface area contributed by atoms with Gasteiger partial charge < -0.3 is 29.4 Å². The summed E-state index contributed by atoms with van der Waals surface area (Å²) in [4.78, 5) is 63.7. The van der Waals surface area contributed by atoms with Gasteiger partial charge in [-0.25, -0.2) is 18.0 Å². The van der Waals surface area contributed by atoms with Crippen LogP contribution in [0.15, 0.2) is 21.9 Å². The van der Waals surface area contributed by atoms with Crippen LogP contribution in [0.5, 0.6) is 0 Å². The Labute approximate surface area is 211 Å². The van der Waals surface area contributed by atoms with Crippen molar-refractivity contribution in [1.29, 1.82) is 0 Å². The second-order valence-corrected chi connectivity index (χ2v) is 9.63. The molecule has 1 aromatic heterocycles. The van der Waals surface area contributed by atoms with Crippen molar-refractivity contribution in [3.8, 4) is 0 Å². The van der Waals surface area contributed by atoms with E-state index in [1.165, 1.54) is 0 Å². The van der Waals surface area contributed by atoms with Crippen molar-refractivity contribution < 1.29 is 115 Å². The topological polar surface area (TPSA) is 250 Å². The fourth-order valence-electron chi connectivity index (χ4n) is 2.15. The minimum Gasteiger partial charge on any atom is -0.756 e. The van der Waals surface area contributed by atoms with Gasteiger partial charge in [-0.1, -0.05) is 0 Å². The normalized spacial score (nSPS) is 27.0. The Bertz CT molecular complexity index is 976. The SMILES string of the molecule is O=c1ccn([C@H]2C[C@H](O)[C@@H](COP(=O)(O)OP(=O)([O-])OP(=O)([O-])O)O2)c(=O)[nH]1.[Na+].[Na+]. The van der Waals surface area contributed by atoms with Gasteiger partial charge in [0, 0.05) is 18.7 Å². The first-order chi connectivity index (χ1) is 12.7. The van der Waals surface area contributed by atoms with E-state index in [0.717, 1.165) is 16.8 Å². The van der Waals surface area contributed by atoms with E-state index in [9.17, 15) is 43.1 Å². The number of phosphoric ester groups is 1. The van der Waals surface area contributed by atoms with Crippen LogP contribution in [-0.4, -0.2) is 43.3 Å². The summed E-state index contributed by atoms with van der Waals surface area (Å²) in [5.41, 5.74) is -1.52. The first kappa shape index (κ1) is 31.0. The van der Waals surface area contributed by atoms with Gasteiger partial charge in [-0.15, -0.1) is 0 Å². The molecule has 2 rings (SSSR count). The second kappa shape index (κ2) is 11.9. The molecule has 3 unspecified atom stereocenters. The maximum Gasteiger partial charge on any atom is 1.00 e. The van der Waals surface area contributed by atoms with Crippen LogP contribution in [-0.2, 0) is 31.6 Å². The van der Waals surface area contributed by atoms with E-state index in [4.69, 9.17) is 9.63 Å². The number of hydrogen-bond donors (Lipinski definition) is 4. The van der Waals surface area contributed by atoms with Gasteiger partial charge in [0.25, 0.3) is 21.2 Å². The molecule has 0 radical (unpaired) electrons. The van der Waals surface area contributed by atoms with E-state index in [2.05, 4.69) is 13.1 Å². The summed E-state index contributed by atoms with van der Waals surface area (Å²) in [5.74, 6) is 0. The van der Waals surface area contributed by atoms with Gasteiger partial charge in [0.1, 0.15) is 12.3 Å². The maximum atomic E-state index is 11.7. The summed E-state index contributed by atoms with van der Waals surface area (Å²) >= 11 is 0. The summed E-state index contributed by atoms with van der Waals surface area (Å²) in [5, 5.41) is 9.89. The minimum atomic E-state index is -5.98. The van der Waals surface area contributed by atoms with E-state index in [1.807, 2.05) is 4.98 Å². The maximum absolute atomic E-state index is 11.7. The number of H-pyrrole nitrogens is 1. The standard InChI is InChI=1S/C9H15N2O14P3.2Na/c12-5-3-8(11-2-1-7(13)10-9(11)14)23-6(5)4-22-27(18,19)25-28(20,21)24-26(15,16)17;;/h1-2,5-6,8,12H,3-4H2,(H,18,19)(H,20,21)(H,10,13,14)(H2,15,16,17);;/q;2*+1/p-2/t5-,6+,8+;;/m0../s1. The van der Waals surface area contributed by atoms with Crippen molar-refractivity contribution >= 4 is 23.5 Å². The van der Waals surface area contributed by atoms with Gasteiger partial charge in [-0.3, -0.25) is 28.0 Å². The molecule has 1 aromatic rings. The molecule has 1 aliphatic rings. The molecule has 30 heavy (non-hydrogen) atoms. The molecule has 16 nitrogen and oxygen atoms in total. The smallest absolute Gasteiger partial charge is 0.756 e. The fourth-order valence-corrected chi connectivity index (χ4v) is 5.08. The van der Waals surface area contributed by atoms with Gasteiger partial charge in [-0.2, -0.15) is 0 Å². The molecule has 0 amide bonds.